The number of fused-ring (bicyclic) bond motifs is 1. The summed E-state index contributed by atoms with van der Waals surface area (Å²) in [4.78, 5) is 12.1. The van der Waals surface area contributed by atoms with Gasteiger partial charge in [0.25, 0.3) is 0 Å². The number of para-hydroxylation sites is 1. The predicted octanol–water partition coefficient (Wildman–Crippen LogP) is 3.43. The van der Waals surface area contributed by atoms with E-state index in [9.17, 15) is 4.79 Å². The van der Waals surface area contributed by atoms with Gasteiger partial charge < -0.3 is 15.4 Å². The molecule has 2 aromatic rings. The summed E-state index contributed by atoms with van der Waals surface area (Å²) in [6.07, 6.45) is 0.788. The fourth-order valence-electron chi connectivity index (χ4n) is 2.59. The highest BCUT2D eigenvalue weighted by Gasteiger charge is 2.20. The van der Waals surface area contributed by atoms with Gasteiger partial charge in [-0.05, 0) is 55.2 Å². The van der Waals surface area contributed by atoms with Crippen molar-refractivity contribution in [3.05, 3.63) is 59.2 Å². The molecule has 2 aromatic carbocycles. The molecule has 0 fully saturated rings. The van der Waals surface area contributed by atoms with Crippen LogP contribution in [0.3, 0.4) is 0 Å². The van der Waals surface area contributed by atoms with E-state index >= 15 is 0 Å². The second-order valence-corrected chi connectivity index (χ2v) is 5.72. The second-order valence-electron chi connectivity index (χ2n) is 5.72. The van der Waals surface area contributed by atoms with Crippen LogP contribution in [0.25, 0.3) is 0 Å². The highest BCUT2D eigenvalue weighted by molar-refractivity contribution is 5.89. The number of benzene rings is 2. The Morgan fingerprint density at radius 1 is 1.14 bits per heavy atom. The van der Waals surface area contributed by atoms with E-state index in [1.54, 1.807) is 0 Å². The maximum atomic E-state index is 12.1. The van der Waals surface area contributed by atoms with Crippen molar-refractivity contribution in [1.82, 2.24) is 5.32 Å². The third-order valence-electron chi connectivity index (χ3n) is 3.98. The second kappa shape index (κ2) is 6.10. The smallest absolute Gasteiger partial charge is 0.319 e. The lowest BCUT2D eigenvalue weighted by atomic mass is 10.0. The Kier molecular flexibility index (Phi) is 4.00. The zero-order valence-electron chi connectivity index (χ0n) is 12.8. The summed E-state index contributed by atoms with van der Waals surface area (Å²) in [5, 5.41) is 5.84. The van der Waals surface area contributed by atoms with E-state index in [1.165, 1.54) is 5.56 Å². The van der Waals surface area contributed by atoms with Gasteiger partial charge in [-0.15, -0.1) is 0 Å². The van der Waals surface area contributed by atoms with Crippen molar-refractivity contribution in [2.24, 2.45) is 0 Å². The Bertz CT molecular complexity index is 697. The molecule has 1 heterocycles. The summed E-state index contributed by atoms with van der Waals surface area (Å²) < 4.78 is 5.68. The Morgan fingerprint density at radius 3 is 2.77 bits per heavy atom. The van der Waals surface area contributed by atoms with Crippen LogP contribution in [0.15, 0.2) is 42.5 Å². The Labute approximate surface area is 130 Å². The van der Waals surface area contributed by atoms with Crippen LogP contribution in [0.1, 0.15) is 16.7 Å². The lowest BCUT2D eigenvalue weighted by Gasteiger charge is -2.26. The highest BCUT2D eigenvalue weighted by Crippen LogP contribution is 2.24. The zero-order chi connectivity index (χ0) is 15.5. The summed E-state index contributed by atoms with van der Waals surface area (Å²) in [5.41, 5.74) is 4.30. The van der Waals surface area contributed by atoms with E-state index in [1.807, 2.05) is 49.4 Å². The van der Waals surface area contributed by atoms with Crippen LogP contribution in [-0.2, 0) is 6.42 Å². The van der Waals surface area contributed by atoms with E-state index < -0.39 is 0 Å². The molecule has 0 unspecified atom stereocenters. The maximum Gasteiger partial charge on any atom is 0.319 e. The number of aryl methyl sites for hydroxylation is 2. The molecule has 1 aliphatic heterocycles. The molecule has 4 heteroatoms. The summed E-state index contributed by atoms with van der Waals surface area (Å²) in [6, 6.07) is 13.6. The first-order valence-electron chi connectivity index (χ1n) is 7.47. The lowest BCUT2D eigenvalue weighted by molar-refractivity contribution is 0.222. The zero-order valence-corrected chi connectivity index (χ0v) is 12.8. The first-order chi connectivity index (χ1) is 10.6. The van der Waals surface area contributed by atoms with Gasteiger partial charge in [-0.3, -0.25) is 0 Å². The van der Waals surface area contributed by atoms with Crippen LogP contribution in [0.4, 0.5) is 10.5 Å². The predicted molar refractivity (Wildman–Crippen MR) is 87.5 cm³/mol. The van der Waals surface area contributed by atoms with Gasteiger partial charge in [-0.25, -0.2) is 4.79 Å². The number of hydrogen-bond acceptors (Lipinski definition) is 2. The summed E-state index contributed by atoms with van der Waals surface area (Å²) in [6.45, 7) is 4.58. The highest BCUT2D eigenvalue weighted by atomic mass is 16.5. The number of ether oxygens (including phenoxy) is 1. The largest absolute Gasteiger partial charge is 0.491 e. The molecule has 2 amide bonds. The molecule has 0 saturated heterocycles. The van der Waals surface area contributed by atoms with Crippen molar-refractivity contribution in [2.45, 2.75) is 26.3 Å². The minimum atomic E-state index is -0.198. The molecule has 1 aliphatic rings. The number of hydrogen-bond donors (Lipinski definition) is 2. The van der Waals surface area contributed by atoms with Gasteiger partial charge in [0.1, 0.15) is 12.4 Å². The average molecular weight is 296 g/mol. The molecule has 1 atom stereocenters. The fourth-order valence-corrected chi connectivity index (χ4v) is 2.59. The van der Waals surface area contributed by atoms with E-state index in [4.69, 9.17) is 4.74 Å². The molecule has 3 rings (SSSR count). The number of amides is 2. The third kappa shape index (κ3) is 3.22. The van der Waals surface area contributed by atoms with Gasteiger partial charge in [-0.2, -0.15) is 0 Å². The Balaban J connectivity index is 1.59. The van der Waals surface area contributed by atoms with Crippen LogP contribution >= 0.6 is 0 Å². The van der Waals surface area contributed by atoms with E-state index in [0.717, 1.165) is 29.0 Å². The number of rotatable bonds is 2. The van der Waals surface area contributed by atoms with Crippen molar-refractivity contribution in [1.29, 1.82) is 0 Å². The number of anilines is 1. The first kappa shape index (κ1) is 14.4. The molecular formula is C18H20N2O2. The van der Waals surface area contributed by atoms with Crippen LogP contribution in [0.5, 0.6) is 5.75 Å². The van der Waals surface area contributed by atoms with Gasteiger partial charge in [-0.1, -0.05) is 24.3 Å². The summed E-state index contributed by atoms with van der Waals surface area (Å²) in [5.74, 6) is 0.912. The molecule has 0 spiro atoms. The van der Waals surface area contributed by atoms with Gasteiger partial charge in [0.15, 0.2) is 0 Å². The molecule has 0 aromatic heterocycles. The maximum absolute atomic E-state index is 12.1. The minimum Gasteiger partial charge on any atom is -0.491 e. The molecule has 114 valence electrons. The molecule has 0 aliphatic carbocycles. The van der Waals surface area contributed by atoms with E-state index in [-0.39, 0.29) is 12.1 Å². The molecule has 2 N–H and O–H groups in total. The molecule has 22 heavy (non-hydrogen) atoms. The Hall–Kier alpha value is -2.49. The normalized spacial score (nSPS) is 16.4. The van der Waals surface area contributed by atoms with Crippen molar-refractivity contribution < 1.29 is 9.53 Å². The quantitative estimate of drug-likeness (QED) is 0.892. The van der Waals surface area contributed by atoms with Crippen LogP contribution in [-0.4, -0.2) is 18.7 Å². The molecule has 4 nitrogen and oxygen atoms in total. The number of carbonyl (C=O) groups excluding carboxylic acids is 1. The monoisotopic (exact) mass is 296 g/mol. The van der Waals surface area contributed by atoms with Crippen molar-refractivity contribution in [3.8, 4) is 5.75 Å². The van der Waals surface area contributed by atoms with Crippen molar-refractivity contribution >= 4 is 11.7 Å². The topological polar surface area (TPSA) is 50.4 Å². The molecule has 0 saturated carbocycles. The van der Waals surface area contributed by atoms with Crippen LogP contribution < -0.4 is 15.4 Å². The summed E-state index contributed by atoms with van der Waals surface area (Å²) >= 11 is 0. The number of carbonyl (C=O) groups is 1. The average Bonchev–Trinajstić information content (AvgIpc) is 2.51. The minimum absolute atomic E-state index is 0.0126. The Morgan fingerprint density at radius 2 is 1.95 bits per heavy atom. The molecule has 0 radical (unpaired) electrons. The number of urea groups is 1. The number of nitrogens with one attached hydrogen (secondary N) is 2. The van der Waals surface area contributed by atoms with Crippen molar-refractivity contribution in [3.63, 3.8) is 0 Å². The van der Waals surface area contributed by atoms with Crippen LogP contribution in [0.2, 0.25) is 0 Å². The standard InChI is InChI=1S/C18H20N2O2/c1-12-7-8-15(9-13(12)2)19-18(21)20-16-10-14-5-3-4-6-17(14)22-11-16/h3-9,16H,10-11H2,1-2H3,(H2,19,20,21)/t16-/m1/s1. The van der Waals surface area contributed by atoms with Gasteiger partial charge >= 0.3 is 6.03 Å². The SMILES string of the molecule is Cc1ccc(NC(=O)N[C@H]2COc3ccccc3C2)cc1C. The molecule has 0 bridgehead atoms. The van der Waals surface area contributed by atoms with Gasteiger partial charge in [0.2, 0.25) is 0 Å². The van der Waals surface area contributed by atoms with E-state index in [0.29, 0.717) is 6.61 Å². The van der Waals surface area contributed by atoms with Crippen molar-refractivity contribution in [2.75, 3.05) is 11.9 Å². The van der Waals surface area contributed by atoms with E-state index in [2.05, 4.69) is 17.6 Å². The van der Waals surface area contributed by atoms with Gasteiger partial charge in [0.05, 0.1) is 6.04 Å². The van der Waals surface area contributed by atoms with Crippen LogP contribution in [0, 0.1) is 13.8 Å². The molecular weight excluding hydrogens is 276 g/mol. The third-order valence-corrected chi connectivity index (χ3v) is 3.98. The lowest BCUT2D eigenvalue weighted by Crippen LogP contribution is -2.44. The fraction of sp³-hybridized carbons (Fsp3) is 0.278. The first-order valence-corrected chi connectivity index (χ1v) is 7.47. The summed E-state index contributed by atoms with van der Waals surface area (Å²) in [7, 11) is 0. The van der Waals surface area contributed by atoms with Gasteiger partial charge in [0, 0.05) is 5.69 Å².